The van der Waals surface area contributed by atoms with Crippen LogP contribution in [0.1, 0.15) is 30.9 Å². The van der Waals surface area contributed by atoms with Gasteiger partial charge in [0.15, 0.2) is 0 Å². The Morgan fingerprint density at radius 3 is 3.11 bits per heavy atom. The lowest BCUT2D eigenvalue weighted by Gasteiger charge is -2.16. The molecule has 1 N–H and O–H groups in total. The fourth-order valence-electron chi connectivity index (χ4n) is 2.23. The predicted octanol–water partition coefficient (Wildman–Crippen LogP) is 3.17. The van der Waals surface area contributed by atoms with Crippen molar-refractivity contribution in [3.8, 4) is 18.1 Å². The molecule has 18 heavy (non-hydrogen) atoms. The first kappa shape index (κ1) is 13.3. The Kier molecular flexibility index (Phi) is 4.52. The van der Waals surface area contributed by atoms with Gasteiger partial charge in [0.05, 0.1) is 6.61 Å². The van der Waals surface area contributed by atoms with E-state index in [4.69, 9.17) is 22.8 Å². The molecule has 1 aromatic carbocycles. The summed E-state index contributed by atoms with van der Waals surface area (Å²) >= 11 is 6.12. The van der Waals surface area contributed by atoms with Crippen molar-refractivity contribution in [2.75, 3.05) is 6.61 Å². The van der Waals surface area contributed by atoms with Crippen LogP contribution in [-0.2, 0) is 13.0 Å². The second kappa shape index (κ2) is 6.13. The Morgan fingerprint density at radius 2 is 2.39 bits per heavy atom. The van der Waals surface area contributed by atoms with Crippen molar-refractivity contribution >= 4 is 11.6 Å². The summed E-state index contributed by atoms with van der Waals surface area (Å²) in [6.07, 6.45) is 8.07. The van der Waals surface area contributed by atoms with Gasteiger partial charge in [0, 0.05) is 36.0 Å². The van der Waals surface area contributed by atoms with E-state index in [-0.39, 0.29) is 0 Å². The highest BCUT2D eigenvalue weighted by molar-refractivity contribution is 6.30. The molecule has 1 unspecified atom stereocenters. The smallest absolute Gasteiger partial charge is 0.127 e. The number of rotatable bonds is 5. The molecule has 0 amide bonds. The highest BCUT2D eigenvalue weighted by atomic mass is 35.5. The van der Waals surface area contributed by atoms with E-state index >= 15 is 0 Å². The van der Waals surface area contributed by atoms with E-state index in [0.29, 0.717) is 6.04 Å². The maximum Gasteiger partial charge on any atom is 0.127 e. The maximum atomic E-state index is 6.12. The van der Waals surface area contributed by atoms with E-state index in [1.54, 1.807) is 0 Å². The van der Waals surface area contributed by atoms with Crippen LogP contribution in [0.4, 0.5) is 0 Å². The summed E-state index contributed by atoms with van der Waals surface area (Å²) in [5, 5.41) is 4.24. The minimum absolute atomic E-state index is 0.353. The second-order valence-electron chi connectivity index (χ2n) is 4.55. The Hall–Kier alpha value is -1.17. The van der Waals surface area contributed by atoms with E-state index in [1.165, 1.54) is 5.56 Å². The number of fused-ring (bicyclic) bond motifs is 1. The van der Waals surface area contributed by atoms with Gasteiger partial charge in [0.2, 0.25) is 0 Å². The molecule has 96 valence electrons. The molecule has 0 saturated carbocycles. The molecule has 0 bridgehead atoms. The Morgan fingerprint density at radius 1 is 1.56 bits per heavy atom. The predicted molar refractivity (Wildman–Crippen MR) is 75.0 cm³/mol. The first-order chi connectivity index (χ1) is 8.74. The van der Waals surface area contributed by atoms with Crippen LogP contribution in [0.25, 0.3) is 0 Å². The number of nitrogens with one attached hydrogen (secondary N) is 1. The molecule has 1 aliphatic heterocycles. The molecule has 0 saturated heterocycles. The fraction of sp³-hybridized carbons (Fsp3) is 0.467. The van der Waals surface area contributed by atoms with Crippen LogP contribution < -0.4 is 10.1 Å². The number of halogens is 1. The van der Waals surface area contributed by atoms with Crippen LogP contribution in [-0.4, -0.2) is 12.6 Å². The Balaban J connectivity index is 2.08. The Labute approximate surface area is 114 Å². The summed E-state index contributed by atoms with van der Waals surface area (Å²) in [4.78, 5) is 0. The van der Waals surface area contributed by atoms with Crippen molar-refractivity contribution in [1.29, 1.82) is 0 Å². The van der Waals surface area contributed by atoms with E-state index in [9.17, 15) is 0 Å². The second-order valence-corrected chi connectivity index (χ2v) is 4.98. The molecule has 0 fully saturated rings. The van der Waals surface area contributed by atoms with Crippen LogP contribution in [0.15, 0.2) is 12.1 Å². The molecule has 0 spiro atoms. The van der Waals surface area contributed by atoms with Gasteiger partial charge in [-0.1, -0.05) is 18.5 Å². The number of hydrogen-bond donors (Lipinski definition) is 1. The zero-order chi connectivity index (χ0) is 13.0. The van der Waals surface area contributed by atoms with Gasteiger partial charge in [0.1, 0.15) is 5.75 Å². The maximum absolute atomic E-state index is 6.12. The molecule has 2 nitrogen and oxygen atoms in total. The largest absolute Gasteiger partial charge is 0.493 e. The fourth-order valence-corrected chi connectivity index (χ4v) is 2.50. The molecular formula is C15H18ClNO. The van der Waals surface area contributed by atoms with E-state index in [1.807, 2.05) is 12.1 Å². The highest BCUT2D eigenvalue weighted by Gasteiger charge is 2.17. The minimum Gasteiger partial charge on any atom is -0.493 e. The molecular weight excluding hydrogens is 246 g/mol. The average Bonchev–Trinajstić information content (AvgIpc) is 2.82. The Bertz CT molecular complexity index is 464. The summed E-state index contributed by atoms with van der Waals surface area (Å²) in [7, 11) is 0. The van der Waals surface area contributed by atoms with Gasteiger partial charge >= 0.3 is 0 Å². The first-order valence-corrected chi connectivity index (χ1v) is 6.73. The van der Waals surface area contributed by atoms with Gasteiger partial charge in [-0.2, -0.15) is 0 Å². The molecule has 0 aromatic heterocycles. The standard InChI is InChI=1S/C15H18ClNO/c1-3-5-14(4-2)17-10-12-9-13(16)8-11-6-7-18-15(11)12/h1,8-9,14,17H,4-7,10H2,2H3. The normalized spacial score (nSPS) is 14.7. The van der Waals surface area contributed by atoms with Gasteiger partial charge < -0.3 is 10.1 Å². The number of hydrogen-bond acceptors (Lipinski definition) is 2. The van der Waals surface area contributed by atoms with Gasteiger partial charge in [-0.05, 0) is 24.1 Å². The zero-order valence-electron chi connectivity index (χ0n) is 10.6. The summed E-state index contributed by atoms with van der Waals surface area (Å²) in [6, 6.07) is 4.32. The van der Waals surface area contributed by atoms with Crippen molar-refractivity contribution in [3.05, 3.63) is 28.3 Å². The molecule has 0 radical (unpaired) electrons. The lowest BCUT2D eigenvalue weighted by molar-refractivity contribution is 0.351. The topological polar surface area (TPSA) is 21.3 Å². The summed E-state index contributed by atoms with van der Waals surface area (Å²) in [6.45, 7) is 3.64. The molecule has 3 heteroatoms. The lowest BCUT2D eigenvalue weighted by Crippen LogP contribution is -2.27. The van der Waals surface area contributed by atoms with Crippen LogP contribution in [0.3, 0.4) is 0 Å². The number of ether oxygens (including phenoxy) is 1. The van der Waals surface area contributed by atoms with Gasteiger partial charge in [-0.15, -0.1) is 12.3 Å². The zero-order valence-corrected chi connectivity index (χ0v) is 11.4. The number of benzene rings is 1. The van der Waals surface area contributed by atoms with E-state index in [0.717, 1.165) is 48.7 Å². The third-order valence-electron chi connectivity index (χ3n) is 3.26. The summed E-state index contributed by atoms with van der Waals surface area (Å²) < 4.78 is 5.67. The minimum atomic E-state index is 0.353. The molecule has 1 heterocycles. The highest BCUT2D eigenvalue weighted by Crippen LogP contribution is 2.32. The molecule has 1 aromatic rings. The monoisotopic (exact) mass is 263 g/mol. The van der Waals surface area contributed by atoms with Crippen molar-refractivity contribution in [2.45, 2.75) is 38.8 Å². The van der Waals surface area contributed by atoms with E-state index < -0.39 is 0 Å². The van der Waals surface area contributed by atoms with Crippen molar-refractivity contribution in [3.63, 3.8) is 0 Å². The first-order valence-electron chi connectivity index (χ1n) is 6.35. The molecule has 2 rings (SSSR count). The third kappa shape index (κ3) is 2.98. The van der Waals surface area contributed by atoms with Crippen molar-refractivity contribution in [1.82, 2.24) is 5.32 Å². The van der Waals surface area contributed by atoms with Crippen LogP contribution in [0.5, 0.6) is 5.75 Å². The summed E-state index contributed by atoms with van der Waals surface area (Å²) in [5.41, 5.74) is 2.34. The summed E-state index contributed by atoms with van der Waals surface area (Å²) in [5.74, 6) is 3.70. The van der Waals surface area contributed by atoms with Gasteiger partial charge in [-0.3, -0.25) is 0 Å². The quantitative estimate of drug-likeness (QED) is 0.824. The van der Waals surface area contributed by atoms with Crippen molar-refractivity contribution in [2.24, 2.45) is 0 Å². The molecule has 0 aliphatic carbocycles. The average molecular weight is 264 g/mol. The number of terminal acetylenes is 1. The van der Waals surface area contributed by atoms with Crippen LogP contribution in [0.2, 0.25) is 5.02 Å². The van der Waals surface area contributed by atoms with Gasteiger partial charge in [0.25, 0.3) is 0 Å². The van der Waals surface area contributed by atoms with E-state index in [2.05, 4.69) is 18.2 Å². The molecule has 1 aliphatic rings. The van der Waals surface area contributed by atoms with Gasteiger partial charge in [-0.25, -0.2) is 0 Å². The lowest BCUT2D eigenvalue weighted by atomic mass is 10.1. The van der Waals surface area contributed by atoms with Crippen LogP contribution in [0, 0.1) is 12.3 Å². The molecule has 1 atom stereocenters. The van der Waals surface area contributed by atoms with Crippen molar-refractivity contribution < 1.29 is 4.74 Å². The SMILES string of the molecule is C#CCC(CC)NCc1cc(Cl)cc2c1OCC2. The van der Waals surface area contributed by atoms with Crippen LogP contribution >= 0.6 is 11.6 Å². The third-order valence-corrected chi connectivity index (χ3v) is 3.48.